The molecule has 0 bridgehead atoms. The van der Waals surface area contributed by atoms with Crippen molar-refractivity contribution in [1.29, 1.82) is 0 Å². The number of aliphatic carboxylic acids is 1. The standard InChI is InChI=1S/C24H24N2O6/c27-21(26-24(10-11-24)22(28)29)20-19(9-12-31-20)25-23(30)32-13-18-16-7-3-1-5-14(16)15-6-2-4-8-17(15)18/h1-8,18-20H,9-13H2,(H,25,30)(H,26,27)(H,28,29). The van der Waals surface area contributed by atoms with E-state index in [4.69, 9.17) is 9.47 Å². The highest BCUT2D eigenvalue weighted by Gasteiger charge is 2.53. The SMILES string of the molecule is O=C(NC1CCOC1C(=O)NC1(C(=O)O)CC1)OCC1c2ccccc2-c2ccccc21. The Kier molecular flexibility index (Phi) is 5.09. The quantitative estimate of drug-likeness (QED) is 0.641. The number of nitrogens with one attached hydrogen (secondary N) is 2. The van der Waals surface area contributed by atoms with Gasteiger partial charge in [0.15, 0.2) is 6.10 Å². The second kappa shape index (κ2) is 7.94. The summed E-state index contributed by atoms with van der Waals surface area (Å²) >= 11 is 0. The van der Waals surface area contributed by atoms with E-state index in [2.05, 4.69) is 22.8 Å². The summed E-state index contributed by atoms with van der Waals surface area (Å²) in [5, 5.41) is 14.6. The van der Waals surface area contributed by atoms with E-state index >= 15 is 0 Å². The maximum absolute atomic E-state index is 12.5. The van der Waals surface area contributed by atoms with Crippen molar-refractivity contribution in [3.63, 3.8) is 0 Å². The van der Waals surface area contributed by atoms with Crippen LogP contribution in [0.4, 0.5) is 4.79 Å². The number of carbonyl (C=O) groups excluding carboxylic acids is 2. The van der Waals surface area contributed by atoms with Crippen LogP contribution in [0.3, 0.4) is 0 Å². The minimum Gasteiger partial charge on any atom is -0.480 e. The van der Waals surface area contributed by atoms with Gasteiger partial charge in [-0.3, -0.25) is 4.79 Å². The number of rotatable bonds is 6. The molecule has 0 spiro atoms. The third-order valence-electron chi connectivity index (χ3n) is 6.52. The van der Waals surface area contributed by atoms with Gasteiger partial charge in [-0.05, 0) is 41.5 Å². The predicted octanol–water partition coefficient (Wildman–Crippen LogP) is 2.42. The smallest absolute Gasteiger partial charge is 0.407 e. The largest absolute Gasteiger partial charge is 0.480 e. The van der Waals surface area contributed by atoms with Crippen LogP contribution in [-0.4, -0.2) is 54.0 Å². The third kappa shape index (κ3) is 3.60. The zero-order valence-corrected chi connectivity index (χ0v) is 17.4. The van der Waals surface area contributed by atoms with Crippen molar-refractivity contribution in [3.05, 3.63) is 59.7 Å². The van der Waals surface area contributed by atoms with E-state index < -0.39 is 35.7 Å². The van der Waals surface area contributed by atoms with Gasteiger partial charge >= 0.3 is 12.1 Å². The van der Waals surface area contributed by atoms with Crippen molar-refractivity contribution in [1.82, 2.24) is 10.6 Å². The maximum Gasteiger partial charge on any atom is 0.407 e. The van der Waals surface area contributed by atoms with Crippen molar-refractivity contribution in [2.75, 3.05) is 13.2 Å². The molecule has 2 amide bonds. The van der Waals surface area contributed by atoms with Gasteiger partial charge < -0.3 is 25.2 Å². The predicted molar refractivity (Wildman–Crippen MR) is 114 cm³/mol. The van der Waals surface area contributed by atoms with Crippen LogP contribution in [0.25, 0.3) is 11.1 Å². The first-order valence-corrected chi connectivity index (χ1v) is 10.8. The number of fused-ring (bicyclic) bond motifs is 3. The summed E-state index contributed by atoms with van der Waals surface area (Å²) in [4.78, 5) is 36.4. The van der Waals surface area contributed by atoms with Crippen LogP contribution in [0.1, 0.15) is 36.3 Å². The normalized spacial score (nSPS) is 22.5. The molecule has 1 saturated carbocycles. The molecule has 2 aliphatic carbocycles. The Morgan fingerprint density at radius 2 is 1.66 bits per heavy atom. The molecule has 2 fully saturated rings. The number of hydrogen-bond donors (Lipinski definition) is 3. The van der Waals surface area contributed by atoms with Crippen LogP contribution in [0, 0.1) is 0 Å². The Morgan fingerprint density at radius 1 is 1.03 bits per heavy atom. The van der Waals surface area contributed by atoms with Crippen LogP contribution in [0.5, 0.6) is 0 Å². The van der Waals surface area contributed by atoms with E-state index in [1.807, 2.05) is 36.4 Å². The Labute approximate surface area is 184 Å². The number of benzene rings is 2. The Bertz CT molecular complexity index is 1030. The molecule has 3 aliphatic rings. The first-order chi connectivity index (χ1) is 15.5. The fourth-order valence-electron chi connectivity index (χ4n) is 4.61. The summed E-state index contributed by atoms with van der Waals surface area (Å²) in [6.45, 7) is 0.471. The fourth-order valence-corrected chi connectivity index (χ4v) is 4.61. The van der Waals surface area contributed by atoms with Crippen molar-refractivity contribution in [2.45, 2.75) is 42.9 Å². The van der Waals surface area contributed by atoms with Crippen molar-refractivity contribution >= 4 is 18.0 Å². The molecule has 1 aliphatic heterocycles. The summed E-state index contributed by atoms with van der Waals surface area (Å²) in [6.07, 6.45) is -0.328. The van der Waals surface area contributed by atoms with Crippen LogP contribution >= 0.6 is 0 Å². The highest BCUT2D eigenvalue weighted by atomic mass is 16.6. The summed E-state index contributed by atoms with van der Waals surface area (Å²) in [6, 6.07) is 15.6. The fraction of sp³-hybridized carbons (Fsp3) is 0.375. The Morgan fingerprint density at radius 3 is 2.25 bits per heavy atom. The number of alkyl carbamates (subject to hydrolysis) is 1. The topological polar surface area (TPSA) is 114 Å². The first kappa shape index (κ1) is 20.5. The molecule has 5 rings (SSSR count). The number of amides is 2. The lowest BCUT2D eigenvalue weighted by Crippen LogP contribution is -2.53. The molecule has 3 N–H and O–H groups in total. The molecular formula is C24H24N2O6. The third-order valence-corrected chi connectivity index (χ3v) is 6.52. The van der Waals surface area contributed by atoms with Gasteiger partial charge in [0.2, 0.25) is 0 Å². The number of carboxylic acids is 1. The zero-order valence-electron chi connectivity index (χ0n) is 17.4. The second-order valence-electron chi connectivity index (χ2n) is 8.53. The van der Waals surface area contributed by atoms with Crippen LogP contribution in [-0.2, 0) is 19.1 Å². The second-order valence-corrected chi connectivity index (χ2v) is 8.53. The van der Waals surface area contributed by atoms with Crippen LogP contribution in [0.15, 0.2) is 48.5 Å². The summed E-state index contributed by atoms with van der Waals surface area (Å²) in [7, 11) is 0. The van der Waals surface area contributed by atoms with Gasteiger partial charge in [0.05, 0.1) is 6.04 Å². The number of carbonyl (C=O) groups is 3. The lowest BCUT2D eigenvalue weighted by Gasteiger charge is -2.22. The molecule has 8 heteroatoms. The highest BCUT2D eigenvalue weighted by Crippen LogP contribution is 2.44. The molecule has 166 valence electrons. The molecule has 8 nitrogen and oxygen atoms in total. The van der Waals surface area contributed by atoms with Gasteiger partial charge in [0, 0.05) is 12.5 Å². The van der Waals surface area contributed by atoms with Gasteiger partial charge in [-0.2, -0.15) is 0 Å². The highest BCUT2D eigenvalue weighted by molar-refractivity contribution is 5.92. The van der Waals surface area contributed by atoms with Gasteiger partial charge in [0.25, 0.3) is 5.91 Å². The van der Waals surface area contributed by atoms with Crippen molar-refractivity contribution < 1.29 is 29.0 Å². The summed E-state index contributed by atoms with van der Waals surface area (Å²) in [5.74, 6) is -1.63. The van der Waals surface area contributed by atoms with E-state index in [-0.39, 0.29) is 12.5 Å². The van der Waals surface area contributed by atoms with E-state index in [1.54, 1.807) is 0 Å². The van der Waals surface area contributed by atoms with Crippen LogP contribution < -0.4 is 10.6 Å². The minimum absolute atomic E-state index is 0.0580. The lowest BCUT2D eigenvalue weighted by molar-refractivity contribution is -0.145. The zero-order chi connectivity index (χ0) is 22.3. The average Bonchev–Trinajstić information content (AvgIpc) is 3.31. The molecule has 2 atom stereocenters. The van der Waals surface area contributed by atoms with Gasteiger partial charge in [-0.15, -0.1) is 0 Å². The van der Waals surface area contributed by atoms with E-state index in [1.165, 1.54) is 0 Å². The Balaban J connectivity index is 1.21. The molecule has 2 unspecified atom stereocenters. The molecular weight excluding hydrogens is 412 g/mol. The van der Waals surface area contributed by atoms with Crippen molar-refractivity contribution in [2.24, 2.45) is 0 Å². The average molecular weight is 436 g/mol. The van der Waals surface area contributed by atoms with E-state index in [9.17, 15) is 19.5 Å². The van der Waals surface area contributed by atoms with Gasteiger partial charge in [0.1, 0.15) is 12.1 Å². The lowest BCUT2D eigenvalue weighted by atomic mass is 9.98. The number of carboxylic acid groups (broad SMARTS) is 1. The molecule has 2 aromatic rings. The minimum atomic E-state index is -1.20. The van der Waals surface area contributed by atoms with Crippen molar-refractivity contribution in [3.8, 4) is 11.1 Å². The molecule has 32 heavy (non-hydrogen) atoms. The van der Waals surface area contributed by atoms with Gasteiger partial charge in [-0.25, -0.2) is 9.59 Å². The van der Waals surface area contributed by atoms with Gasteiger partial charge in [-0.1, -0.05) is 48.5 Å². The Hall–Kier alpha value is -3.39. The molecule has 1 heterocycles. The monoisotopic (exact) mass is 436 g/mol. The van der Waals surface area contributed by atoms with E-state index in [0.29, 0.717) is 25.9 Å². The molecule has 2 aromatic carbocycles. The maximum atomic E-state index is 12.5. The molecule has 0 radical (unpaired) electrons. The first-order valence-electron chi connectivity index (χ1n) is 10.8. The number of hydrogen-bond acceptors (Lipinski definition) is 5. The molecule has 1 saturated heterocycles. The number of ether oxygens (including phenoxy) is 2. The summed E-state index contributed by atoms with van der Waals surface area (Å²) in [5.41, 5.74) is 3.32. The van der Waals surface area contributed by atoms with Crippen LogP contribution in [0.2, 0.25) is 0 Å². The summed E-state index contributed by atoms with van der Waals surface area (Å²) < 4.78 is 11.0. The molecule has 0 aromatic heterocycles. The van der Waals surface area contributed by atoms with E-state index in [0.717, 1.165) is 22.3 Å².